The van der Waals surface area contributed by atoms with Crippen molar-refractivity contribution in [2.45, 2.75) is 18.7 Å². The SMILES string of the molecule is N#CCc1nc(C(F)F)c(CCl)cc1I. The molecule has 0 fully saturated rings. The molecular weight excluding hydrogens is 336 g/mol. The number of nitrogens with zero attached hydrogens (tertiary/aromatic N) is 2. The highest BCUT2D eigenvalue weighted by atomic mass is 127. The Labute approximate surface area is 104 Å². The molecule has 0 amide bonds. The van der Waals surface area contributed by atoms with Crippen molar-refractivity contribution in [1.82, 2.24) is 4.98 Å². The topological polar surface area (TPSA) is 36.7 Å². The van der Waals surface area contributed by atoms with Crippen LogP contribution in [0.15, 0.2) is 6.07 Å². The second-order valence-electron chi connectivity index (χ2n) is 2.73. The minimum absolute atomic E-state index is 0.00446. The number of hydrogen-bond donors (Lipinski definition) is 0. The third-order valence-electron chi connectivity index (χ3n) is 1.76. The Morgan fingerprint density at radius 3 is 2.73 bits per heavy atom. The lowest BCUT2D eigenvalue weighted by molar-refractivity contribution is 0.145. The Hall–Kier alpha value is -0.480. The summed E-state index contributed by atoms with van der Waals surface area (Å²) in [5, 5.41) is 8.49. The quantitative estimate of drug-likeness (QED) is 0.623. The van der Waals surface area contributed by atoms with Gasteiger partial charge in [-0.05, 0) is 34.2 Å². The van der Waals surface area contributed by atoms with Crippen LogP contribution in [0.5, 0.6) is 0 Å². The molecule has 0 unspecified atom stereocenters. The van der Waals surface area contributed by atoms with Crippen LogP contribution in [0.1, 0.15) is 23.4 Å². The second kappa shape index (κ2) is 5.56. The monoisotopic (exact) mass is 342 g/mol. The molecule has 1 aromatic rings. The predicted molar refractivity (Wildman–Crippen MR) is 60.8 cm³/mol. The first-order valence-corrected chi connectivity index (χ1v) is 5.60. The van der Waals surface area contributed by atoms with Crippen LogP contribution in [0.2, 0.25) is 0 Å². The van der Waals surface area contributed by atoms with Gasteiger partial charge < -0.3 is 0 Å². The van der Waals surface area contributed by atoms with Crippen molar-refractivity contribution in [3.63, 3.8) is 0 Å². The van der Waals surface area contributed by atoms with Gasteiger partial charge in [-0.25, -0.2) is 13.8 Å². The summed E-state index contributed by atoms with van der Waals surface area (Å²) in [4.78, 5) is 3.77. The van der Waals surface area contributed by atoms with Gasteiger partial charge in [0, 0.05) is 9.45 Å². The summed E-state index contributed by atoms with van der Waals surface area (Å²) in [6.07, 6.45) is -2.63. The molecule has 0 aromatic carbocycles. The molecule has 0 spiro atoms. The van der Waals surface area contributed by atoms with Gasteiger partial charge in [-0.3, -0.25) is 0 Å². The molecule has 0 aliphatic rings. The lowest BCUT2D eigenvalue weighted by Crippen LogP contribution is -2.03. The van der Waals surface area contributed by atoms with E-state index in [9.17, 15) is 8.78 Å². The lowest BCUT2D eigenvalue weighted by Gasteiger charge is -2.08. The summed E-state index contributed by atoms with van der Waals surface area (Å²) in [5.74, 6) is -0.00446. The molecule has 0 saturated heterocycles. The number of hydrogen-bond acceptors (Lipinski definition) is 2. The fraction of sp³-hybridized carbons (Fsp3) is 0.333. The van der Waals surface area contributed by atoms with Gasteiger partial charge in [0.05, 0.1) is 18.2 Å². The molecule has 1 heterocycles. The molecule has 0 saturated carbocycles. The van der Waals surface area contributed by atoms with Crippen LogP contribution in [0.3, 0.4) is 0 Å². The molecule has 0 aliphatic carbocycles. The summed E-state index contributed by atoms with van der Waals surface area (Å²) in [5.41, 5.74) is 0.371. The van der Waals surface area contributed by atoms with E-state index in [1.807, 2.05) is 28.7 Å². The Morgan fingerprint density at radius 2 is 2.27 bits per heavy atom. The smallest absolute Gasteiger partial charge is 0.249 e. The van der Waals surface area contributed by atoms with Crippen LogP contribution in [0.25, 0.3) is 0 Å². The lowest BCUT2D eigenvalue weighted by atomic mass is 10.2. The van der Waals surface area contributed by atoms with Crippen LogP contribution >= 0.6 is 34.2 Å². The summed E-state index contributed by atoms with van der Waals surface area (Å²) in [7, 11) is 0. The third kappa shape index (κ3) is 2.98. The van der Waals surface area contributed by atoms with E-state index in [4.69, 9.17) is 16.9 Å². The zero-order valence-electron chi connectivity index (χ0n) is 7.48. The van der Waals surface area contributed by atoms with E-state index in [1.165, 1.54) is 0 Å². The average Bonchev–Trinajstić information content (AvgIpc) is 2.20. The Kier molecular flexibility index (Phi) is 4.67. The molecular formula is C9H6ClF2IN2. The molecule has 15 heavy (non-hydrogen) atoms. The van der Waals surface area contributed by atoms with Crippen molar-refractivity contribution < 1.29 is 8.78 Å². The van der Waals surface area contributed by atoms with Gasteiger partial charge in [0.2, 0.25) is 0 Å². The molecule has 80 valence electrons. The normalized spacial score (nSPS) is 10.4. The molecule has 0 N–H and O–H groups in total. The summed E-state index contributed by atoms with van der Waals surface area (Å²) >= 11 is 7.49. The van der Waals surface area contributed by atoms with E-state index in [-0.39, 0.29) is 18.0 Å². The number of pyridine rings is 1. The first-order valence-electron chi connectivity index (χ1n) is 3.99. The van der Waals surface area contributed by atoms with E-state index in [0.717, 1.165) is 0 Å². The van der Waals surface area contributed by atoms with Gasteiger partial charge in [0.1, 0.15) is 5.69 Å². The highest BCUT2D eigenvalue weighted by molar-refractivity contribution is 14.1. The van der Waals surface area contributed by atoms with Crippen LogP contribution in [-0.4, -0.2) is 4.98 Å². The maximum absolute atomic E-state index is 12.6. The van der Waals surface area contributed by atoms with Gasteiger partial charge in [0.25, 0.3) is 6.43 Å². The number of nitriles is 1. The fourth-order valence-corrected chi connectivity index (χ4v) is 1.98. The largest absolute Gasteiger partial charge is 0.280 e. The molecule has 0 bridgehead atoms. The van der Waals surface area contributed by atoms with Crippen molar-refractivity contribution in [2.24, 2.45) is 0 Å². The molecule has 0 aliphatic heterocycles. The van der Waals surface area contributed by atoms with Gasteiger partial charge in [0.15, 0.2) is 0 Å². The minimum atomic E-state index is -2.66. The second-order valence-corrected chi connectivity index (χ2v) is 4.16. The van der Waals surface area contributed by atoms with Crippen molar-refractivity contribution >= 4 is 34.2 Å². The standard InChI is InChI=1S/C9H6ClF2IN2/c10-4-5-3-6(13)7(1-2-14)15-8(5)9(11)12/h3,9H,1,4H2. The van der Waals surface area contributed by atoms with Gasteiger partial charge in [-0.2, -0.15) is 5.26 Å². The number of alkyl halides is 3. The van der Waals surface area contributed by atoms with E-state index in [2.05, 4.69) is 4.98 Å². The van der Waals surface area contributed by atoms with Gasteiger partial charge in [-0.15, -0.1) is 11.6 Å². The Balaban J connectivity index is 3.25. The van der Waals surface area contributed by atoms with Crippen LogP contribution in [-0.2, 0) is 12.3 Å². The Morgan fingerprint density at radius 1 is 1.60 bits per heavy atom. The van der Waals surface area contributed by atoms with Crippen molar-refractivity contribution in [1.29, 1.82) is 5.26 Å². The van der Waals surface area contributed by atoms with Gasteiger partial charge >= 0.3 is 0 Å². The number of halogens is 4. The maximum Gasteiger partial charge on any atom is 0.280 e. The molecule has 1 aromatic heterocycles. The number of aromatic nitrogens is 1. The van der Waals surface area contributed by atoms with E-state index >= 15 is 0 Å². The minimum Gasteiger partial charge on any atom is -0.249 e. The predicted octanol–water partition coefficient (Wildman–Crippen LogP) is 3.43. The van der Waals surface area contributed by atoms with E-state index < -0.39 is 6.43 Å². The fourth-order valence-electron chi connectivity index (χ4n) is 1.08. The number of rotatable bonds is 3. The molecule has 2 nitrogen and oxygen atoms in total. The van der Waals surface area contributed by atoms with E-state index in [0.29, 0.717) is 14.8 Å². The maximum atomic E-state index is 12.6. The zero-order chi connectivity index (χ0) is 11.4. The Bertz CT molecular complexity index is 404. The third-order valence-corrected chi connectivity index (χ3v) is 2.98. The van der Waals surface area contributed by atoms with Crippen LogP contribution in [0, 0.1) is 14.9 Å². The van der Waals surface area contributed by atoms with Crippen molar-refractivity contribution in [3.05, 3.63) is 26.6 Å². The summed E-state index contributed by atoms with van der Waals surface area (Å²) < 4.78 is 25.8. The highest BCUT2D eigenvalue weighted by Crippen LogP contribution is 2.25. The summed E-state index contributed by atoms with van der Waals surface area (Å²) in [6.45, 7) is 0. The zero-order valence-corrected chi connectivity index (χ0v) is 10.4. The first-order chi connectivity index (χ1) is 7.10. The van der Waals surface area contributed by atoms with E-state index in [1.54, 1.807) is 6.07 Å². The molecule has 0 radical (unpaired) electrons. The van der Waals surface area contributed by atoms with Crippen LogP contribution in [0.4, 0.5) is 8.78 Å². The molecule has 6 heteroatoms. The van der Waals surface area contributed by atoms with Crippen molar-refractivity contribution in [2.75, 3.05) is 0 Å². The first kappa shape index (κ1) is 12.6. The van der Waals surface area contributed by atoms with Gasteiger partial charge in [-0.1, -0.05) is 0 Å². The highest BCUT2D eigenvalue weighted by Gasteiger charge is 2.17. The average molecular weight is 343 g/mol. The van der Waals surface area contributed by atoms with Crippen LogP contribution < -0.4 is 0 Å². The molecule has 1 rings (SSSR count). The summed E-state index contributed by atoms with van der Waals surface area (Å²) in [6, 6.07) is 3.43. The van der Waals surface area contributed by atoms with Crippen molar-refractivity contribution in [3.8, 4) is 6.07 Å². The molecule has 0 atom stereocenters.